The number of hydrogen-bond donors (Lipinski definition) is 1. The lowest BCUT2D eigenvalue weighted by Gasteiger charge is -2.10. The summed E-state index contributed by atoms with van der Waals surface area (Å²) in [6, 6.07) is 0. The maximum atomic E-state index is 5.21. The fraction of sp³-hybridized carbons (Fsp3) is 0.400. The molecule has 0 aliphatic heterocycles. The van der Waals surface area contributed by atoms with E-state index in [2.05, 4.69) is 20.4 Å². The molecule has 0 rings (SSSR count). The summed E-state index contributed by atoms with van der Waals surface area (Å²) >= 11 is 0. The molecular formula is C10H17N. The van der Waals surface area contributed by atoms with E-state index in [1.807, 2.05) is 19.1 Å². The largest absolute Gasteiger partial charge is 0.405 e. The molecule has 0 spiro atoms. The van der Waals surface area contributed by atoms with Crippen molar-refractivity contribution in [1.82, 2.24) is 0 Å². The molecular weight excluding hydrogens is 134 g/mol. The van der Waals surface area contributed by atoms with Crippen molar-refractivity contribution in [3.05, 3.63) is 36.1 Å². The van der Waals surface area contributed by atoms with Gasteiger partial charge in [0.1, 0.15) is 0 Å². The second-order valence-electron chi connectivity index (χ2n) is 2.86. The van der Waals surface area contributed by atoms with Crippen molar-refractivity contribution >= 4 is 0 Å². The molecule has 0 fully saturated rings. The molecule has 1 nitrogen and oxygen atoms in total. The maximum Gasteiger partial charge on any atom is -0.00265 e. The molecule has 0 aromatic rings. The zero-order valence-corrected chi connectivity index (χ0v) is 7.59. The summed E-state index contributed by atoms with van der Waals surface area (Å²) in [6.45, 7) is 10.1. The van der Waals surface area contributed by atoms with Gasteiger partial charge in [-0.3, -0.25) is 0 Å². The second kappa shape index (κ2) is 4.78. The van der Waals surface area contributed by atoms with Crippen LogP contribution in [0.1, 0.15) is 20.8 Å². The van der Waals surface area contributed by atoms with E-state index in [-0.39, 0.29) is 0 Å². The van der Waals surface area contributed by atoms with Crippen LogP contribution in [0.25, 0.3) is 0 Å². The van der Waals surface area contributed by atoms with Crippen molar-refractivity contribution < 1.29 is 0 Å². The monoisotopic (exact) mass is 151 g/mol. The van der Waals surface area contributed by atoms with Gasteiger partial charge in [-0.15, -0.1) is 0 Å². The van der Waals surface area contributed by atoms with E-state index in [1.54, 1.807) is 0 Å². The van der Waals surface area contributed by atoms with E-state index in [4.69, 9.17) is 5.73 Å². The highest BCUT2D eigenvalue weighted by atomic mass is 14.5. The Hall–Kier alpha value is -0.980. The van der Waals surface area contributed by atoms with Crippen molar-refractivity contribution in [1.29, 1.82) is 0 Å². The molecule has 0 saturated carbocycles. The third-order valence-corrected chi connectivity index (χ3v) is 1.89. The van der Waals surface area contributed by atoms with E-state index in [9.17, 15) is 0 Å². The summed E-state index contributed by atoms with van der Waals surface area (Å²) in [6.07, 6.45) is 5.39. The van der Waals surface area contributed by atoms with Crippen LogP contribution in [-0.4, -0.2) is 0 Å². The van der Waals surface area contributed by atoms with Crippen LogP contribution in [0.3, 0.4) is 0 Å². The SMILES string of the molecule is C=C(C)C(C)/C(C)=C/C=C/N. The van der Waals surface area contributed by atoms with Crippen molar-refractivity contribution in [2.24, 2.45) is 11.7 Å². The van der Waals surface area contributed by atoms with Gasteiger partial charge in [0.2, 0.25) is 0 Å². The van der Waals surface area contributed by atoms with Gasteiger partial charge in [0.25, 0.3) is 0 Å². The van der Waals surface area contributed by atoms with Gasteiger partial charge in [0.15, 0.2) is 0 Å². The molecule has 0 aromatic heterocycles. The third kappa shape index (κ3) is 3.66. The number of hydrogen-bond acceptors (Lipinski definition) is 1. The molecule has 62 valence electrons. The first-order chi connectivity index (χ1) is 5.09. The molecule has 0 aliphatic rings. The lowest BCUT2D eigenvalue weighted by atomic mass is 9.96. The Bertz CT molecular complexity index is 187. The lowest BCUT2D eigenvalue weighted by molar-refractivity contribution is 0.804. The first-order valence-electron chi connectivity index (χ1n) is 3.80. The first-order valence-corrected chi connectivity index (χ1v) is 3.80. The number of rotatable bonds is 3. The maximum absolute atomic E-state index is 5.21. The average molecular weight is 151 g/mol. The molecule has 1 unspecified atom stereocenters. The summed E-state index contributed by atoms with van der Waals surface area (Å²) in [4.78, 5) is 0. The normalized spacial score (nSPS) is 15.4. The van der Waals surface area contributed by atoms with Gasteiger partial charge in [-0.2, -0.15) is 0 Å². The van der Waals surface area contributed by atoms with E-state index in [1.165, 1.54) is 17.3 Å². The lowest BCUT2D eigenvalue weighted by Crippen LogP contribution is -1.96. The summed E-state index contributed by atoms with van der Waals surface area (Å²) in [5.74, 6) is 0.450. The molecule has 1 atom stereocenters. The van der Waals surface area contributed by atoms with Gasteiger partial charge in [-0.05, 0) is 32.0 Å². The van der Waals surface area contributed by atoms with Crippen LogP contribution in [0.15, 0.2) is 36.1 Å². The molecule has 0 aliphatic carbocycles. The highest BCUT2D eigenvalue weighted by Gasteiger charge is 2.02. The van der Waals surface area contributed by atoms with Crippen LogP contribution >= 0.6 is 0 Å². The second-order valence-corrected chi connectivity index (χ2v) is 2.86. The van der Waals surface area contributed by atoms with Gasteiger partial charge in [-0.1, -0.05) is 30.7 Å². The average Bonchev–Trinajstić information content (AvgIpc) is 1.98. The smallest absolute Gasteiger partial charge is 0.00265 e. The third-order valence-electron chi connectivity index (χ3n) is 1.89. The van der Waals surface area contributed by atoms with Crippen LogP contribution in [0.5, 0.6) is 0 Å². The van der Waals surface area contributed by atoms with E-state index in [0.717, 1.165) is 0 Å². The summed E-state index contributed by atoms with van der Waals surface area (Å²) in [5, 5.41) is 0. The molecule has 0 saturated heterocycles. The van der Waals surface area contributed by atoms with Gasteiger partial charge in [0.05, 0.1) is 0 Å². The minimum absolute atomic E-state index is 0.450. The Labute approximate surface area is 69.3 Å². The fourth-order valence-electron chi connectivity index (χ4n) is 0.740. The van der Waals surface area contributed by atoms with Crippen LogP contribution in [0.2, 0.25) is 0 Å². The van der Waals surface area contributed by atoms with Crippen LogP contribution in [0, 0.1) is 5.92 Å². The predicted molar refractivity (Wildman–Crippen MR) is 51.1 cm³/mol. The molecule has 11 heavy (non-hydrogen) atoms. The zero-order valence-electron chi connectivity index (χ0n) is 7.59. The molecule has 0 radical (unpaired) electrons. The standard InChI is InChI=1S/C10H17N/c1-8(2)10(4)9(3)6-5-7-11/h5-7,10H,1,11H2,2-4H3/b7-5+,9-6+. The van der Waals surface area contributed by atoms with Crippen LogP contribution in [-0.2, 0) is 0 Å². The van der Waals surface area contributed by atoms with Gasteiger partial charge in [-0.25, -0.2) is 0 Å². The molecule has 0 heterocycles. The Morgan fingerprint density at radius 1 is 1.45 bits per heavy atom. The Morgan fingerprint density at radius 2 is 2.00 bits per heavy atom. The number of nitrogens with two attached hydrogens (primary N) is 1. The molecule has 2 N–H and O–H groups in total. The zero-order chi connectivity index (χ0) is 8.85. The quantitative estimate of drug-likeness (QED) is 0.487. The summed E-state index contributed by atoms with van der Waals surface area (Å²) < 4.78 is 0. The minimum atomic E-state index is 0.450. The Morgan fingerprint density at radius 3 is 2.36 bits per heavy atom. The molecule has 0 bridgehead atoms. The fourth-order valence-corrected chi connectivity index (χ4v) is 0.740. The van der Waals surface area contributed by atoms with Gasteiger partial charge in [0, 0.05) is 0 Å². The van der Waals surface area contributed by atoms with E-state index >= 15 is 0 Å². The summed E-state index contributed by atoms with van der Waals surface area (Å²) in [7, 11) is 0. The Balaban J connectivity index is 4.22. The van der Waals surface area contributed by atoms with Crippen LogP contribution < -0.4 is 5.73 Å². The van der Waals surface area contributed by atoms with Gasteiger partial charge >= 0.3 is 0 Å². The van der Waals surface area contributed by atoms with Gasteiger partial charge < -0.3 is 5.73 Å². The van der Waals surface area contributed by atoms with Crippen molar-refractivity contribution in [3.63, 3.8) is 0 Å². The minimum Gasteiger partial charge on any atom is -0.405 e. The van der Waals surface area contributed by atoms with Crippen molar-refractivity contribution in [2.75, 3.05) is 0 Å². The van der Waals surface area contributed by atoms with E-state index in [0.29, 0.717) is 5.92 Å². The first kappa shape index (κ1) is 10.0. The highest BCUT2D eigenvalue weighted by Crippen LogP contribution is 2.16. The number of allylic oxidation sites excluding steroid dienone is 4. The topological polar surface area (TPSA) is 26.0 Å². The highest BCUT2D eigenvalue weighted by molar-refractivity contribution is 5.19. The predicted octanol–water partition coefficient (Wildman–Crippen LogP) is 2.62. The van der Waals surface area contributed by atoms with Crippen LogP contribution in [0.4, 0.5) is 0 Å². The molecule has 0 amide bonds. The van der Waals surface area contributed by atoms with Crippen molar-refractivity contribution in [3.8, 4) is 0 Å². The molecule has 0 aromatic carbocycles. The molecule has 1 heteroatoms. The van der Waals surface area contributed by atoms with E-state index < -0.39 is 0 Å². The Kier molecular flexibility index (Phi) is 4.35. The van der Waals surface area contributed by atoms with Crippen molar-refractivity contribution in [2.45, 2.75) is 20.8 Å². The summed E-state index contributed by atoms with van der Waals surface area (Å²) in [5.41, 5.74) is 7.68.